The van der Waals surface area contributed by atoms with E-state index in [2.05, 4.69) is 5.32 Å². The predicted octanol–water partition coefficient (Wildman–Crippen LogP) is 3.88. The maximum absolute atomic E-state index is 12.7. The van der Waals surface area contributed by atoms with E-state index in [0.29, 0.717) is 12.1 Å². The van der Waals surface area contributed by atoms with Crippen molar-refractivity contribution in [2.24, 2.45) is 0 Å². The van der Waals surface area contributed by atoms with Gasteiger partial charge in [-0.2, -0.15) is 0 Å². The minimum atomic E-state index is -1.05. The van der Waals surface area contributed by atoms with Gasteiger partial charge in [-0.15, -0.1) is 0 Å². The van der Waals surface area contributed by atoms with Gasteiger partial charge in [0.2, 0.25) is 0 Å². The second-order valence-corrected chi connectivity index (χ2v) is 7.85. The fourth-order valence-electron chi connectivity index (χ4n) is 3.44. The summed E-state index contributed by atoms with van der Waals surface area (Å²) in [5.41, 5.74) is 3.17. The molecule has 0 saturated heterocycles. The summed E-state index contributed by atoms with van der Waals surface area (Å²) in [6.07, 6.45) is -0.414. The van der Waals surface area contributed by atoms with Crippen LogP contribution in [0.1, 0.15) is 69.4 Å². The molecule has 162 valence electrons. The largest absolute Gasteiger partial charge is 0.449 e. The van der Waals surface area contributed by atoms with Crippen molar-refractivity contribution in [3.63, 3.8) is 0 Å². The quantitative estimate of drug-likeness (QED) is 0.563. The average molecular weight is 422 g/mol. The number of hydrogen-bond acceptors (Lipinski definition) is 5. The third-order valence-corrected chi connectivity index (χ3v) is 5.48. The summed E-state index contributed by atoms with van der Waals surface area (Å²) in [7, 11) is 0. The zero-order valence-electron chi connectivity index (χ0n) is 18.3. The Morgan fingerprint density at radius 1 is 1.00 bits per heavy atom. The number of imide groups is 1. The second kappa shape index (κ2) is 8.71. The molecular formula is C24H26N2O5. The number of carbonyl (C=O) groups excluding carboxylic acids is 4. The van der Waals surface area contributed by atoms with Gasteiger partial charge >= 0.3 is 5.97 Å². The molecule has 2 atom stereocenters. The fourth-order valence-corrected chi connectivity index (χ4v) is 3.44. The number of rotatable bonds is 6. The Kier molecular flexibility index (Phi) is 6.24. The first-order valence-corrected chi connectivity index (χ1v) is 10.2. The lowest BCUT2D eigenvalue weighted by Gasteiger charge is -2.20. The number of benzene rings is 2. The van der Waals surface area contributed by atoms with E-state index in [1.54, 1.807) is 13.0 Å². The van der Waals surface area contributed by atoms with Crippen molar-refractivity contribution in [1.82, 2.24) is 4.90 Å². The topological polar surface area (TPSA) is 92.8 Å². The summed E-state index contributed by atoms with van der Waals surface area (Å²) in [6.45, 7) is 9.00. The minimum absolute atomic E-state index is 0.108. The SMILES string of the molecule is CC[C@H](C)N1C(=O)c2ccc(C(=O)O[C@H](C)C(=O)Nc3ccc(C)cc3C)cc2C1=O. The van der Waals surface area contributed by atoms with E-state index >= 15 is 0 Å². The lowest BCUT2D eigenvalue weighted by Crippen LogP contribution is -2.37. The van der Waals surface area contributed by atoms with E-state index in [4.69, 9.17) is 4.74 Å². The average Bonchev–Trinajstić information content (AvgIpc) is 2.99. The van der Waals surface area contributed by atoms with Crippen molar-refractivity contribution < 1.29 is 23.9 Å². The van der Waals surface area contributed by atoms with E-state index in [1.165, 1.54) is 30.0 Å². The highest BCUT2D eigenvalue weighted by Gasteiger charge is 2.38. The van der Waals surface area contributed by atoms with Gasteiger partial charge in [-0.25, -0.2) is 4.79 Å². The molecule has 0 spiro atoms. The Hall–Kier alpha value is -3.48. The first kappa shape index (κ1) is 22.2. The van der Waals surface area contributed by atoms with Crippen molar-refractivity contribution >= 4 is 29.4 Å². The number of aryl methyl sites for hydroxylation is 2. The maximum Gasteiger partial charge on any atom is 0.338 e. The van der Waals surface area contributed by atoms with Crippen LogP contribution in [0.3, 0.4) is 0 Å². The van der Waals surface area contributed by atoms with Gasteiger partial charge in [0, 0.05) is 11.7 Å². The lowest BCUT2D eigenvalue weighted by molar-refractivity contribution is -0.123. The van der Waals surface area contributed by atoms with E-state index in [0.717, 1.165) is 11.1 Å². The van der Waals surface area contributed by atoms with Crippen molar-refractivity contribution in [3.05, 3.63) is 64.2 Å². The normalized spacial score (nSPS) is 14.8. The first-order chi connectivity index (χ1) is 14.6. The smallest absolute Gasteiger partial charge is 0.338 e. The molecule has 1 heterocycles. The number of amides is 3. The van der Waals surface area contributed by atoms with Crippen LogP contribution in [0.5, 0.6) is 0 Å². The van der Waals surface area contributed by atoms with E-state index in [-0.39, 0.29) is 28.6 Å². The molecule has 2 aromatic rings. The fraction of sp³-hybridized carbons (Fsp3) is 0.333. The summed E-state index contributed by atoms with van der Waals surface area (Å²) in [5, 5.41) is 2.75. The van der Waals surface area contributed by atoms with Gasteiger partial charge in [0.25, 0.3) is 17.7 Å². The van der Waals surface area contributed by atoms with Gasteiger partial charge in [0.15, 0.2) is 6.10 Å². The molecule has 7 heteroatoms. The number of nitrogens with zero attached hydrogens (tertiary/aromatic N) is 1. The van der Waals surface area contributed by atoms with Crippen LogP contribution in [-0.2, 0) is 9.53 Å². The first-order valence-electron chi connectivity index (χ1n) is 10.2. The van der Waals surface area contributed by atoms with E-state index in [9.17, 15) is 19.2 Å². The van der Waals surface area contributed by atoms with Gasteiger partial charge in [0.05, 0.1) is 16.7 Å². The number of carbonyl (C=O) groups is 4. The lowest BCUT2D eigenvalue weighted by atomic mass is 10.1. The summed E-state index contributed by atoms with van der Waals surface area (Å²) in [4.78, 5) is 51.4. The molecule has 1 aliphatic rings. The van der Waals surface area contributed by atoms with Crippen molar-refractivity contribution in [1.29, 1.82) is 0 Å². The molecule has 0 unspecified atom stereocenters. The standard InChI is InChI=1S/C24H26N2O5/c1-6-15(4)26-22(28)18-9-8-17(12-19(18)23(26)29)24(30)31-16(5)21(27)25-20-10-7-13(2)11-14(20)3/h7-12,15-16H,6H2,1-5H3,(H,25,27)/t15-,16+/m0/s1. The molecule has 2 aromatic carbocycles. The molecule has 0 radical (unpaired) electrons. The molecule has 3 amide bonds. The zero-order chi connectivity index (χ0) is 22.9. The Morgan fingerprint density at radius 3 is 2.32 bits per heavy atom. The molecule has 0 aromatic heterocycles. The van der Waals surface area contributed by atoms with Gasteiger partial charge < -0.3 is 10.1 Å². The number of hydrogen-bond donors (Lipinski definition) is 1. The van der Waals surface area contributed by atoms with Gasteiger partial charge in [0.1, 0.15) is 0 Å². The number of fused-ring (bicyclic) bond motifs is 1. The van der Waals surface area contributed by atoms with Crippen molar-refractivity contribution in [2.75, 3.05) is 5.32 Å². The van der Waals surface area contributed by atoms with Crippen LogP contribution in [-0.4, -0.2) is 40.7 Å². The Balaban J connectivity index is 1.71. The van der Waals surface area contributed by atoms with Crippen LogP contribution in [0.15, 0.2) is 36.4 Å². The van der Waals surface area contributed by atoms with E-state index in [1.807, 2.05) is 32.9 Å². The third kappa shape index (κ3) is 4.35. The van der Waals surface area contributed by atoms with Crippen LogP contribution < -0.4 is 5.32 Å². The van der Waals surface area contributed by atoms with Crippen LogP contribution >= 0.6 is 0 Å². The van der Waals surface area contributed by atoms with Crippen LogP contribution in [0, 0.1) is 13.8 Å². The maximum atomic E-state index is 12.7. The number of esters is 1. The summed E-state index contributed by atoms with van der Waals surface area (Å²) in [6, 6.07) is 9.62. The van der Waals surface area contributed by atoms with Gasteiger partial charge in [-0.1, -0.05) is 24.6 Å². The molecule has 1 N–H and O–H groups in total. The summed E-state index contributed by atoms with van der Waals surface area (Å²) in [5.74, 6) is -2.00. The molecule has 0 saturated carbocycles. The van der Waals surface area contributed by atoms with Crippen LogP contribution in [0.2, 0.25) is 0 Å². The molecule has 0 fully saturated rings. The summed E-state index contributed by atoms with van der Waals surface area (Å²) < 4.78 is 5.29. The molecule has 7 nitrogen and oxygen atoms in total. The highest BCUT2D eigenvalue weighted by molar-refractivity contribution is 6.22. The van der Waals surface area contributed by atoms with Crippen molar-refractivity contribution in [3.8, 4) is 0 Å². The Morgan fingerprint density at radius 2 is 1.68 bits per heavy atom. The Labute approximate surface area is 181 Å². The number of anilines is 1. The summed E-state index contributed by atoms with van der Waals surface area (Å²) >= 11 is 0. The van der Waals surface area contributed by atoms with E-state index < -0.39 is 23.9 Å². The zero-order valence-corrected chi connectivity index (χ0v) is 18.3. The molecule has 0 bridgehead atoms. The molecule has 31 heavy (non-hydrogen) atoms. The molecule has 0 aliphatic carbocycles. The second-order valence-electron chi connectivity index (χ2n) is 7.85. The molecule has 3 rings (SSSR count). The van der Waals surface area contributed by atoms with Gasteiger partial charge in [-0.3, -0.25) is 19.3 Å². The Bertz CT molecular complexity index is 1080. The predicted molar refractivity (Wildman–Crippen MR) is 116 cm³/mol. The van der Waals surface area contributed by atoms with Crippen LogP contribution in [0.25, 0.3) is 0 Å². The third-order valence-electron chi connectivity index (χ3n) is 5.48. The minimum Gasteiger partial charge on any atom is -0.449 e. The van der Waals surface area contributed by atoms with Crippen molar-refractivity contribution in [2.45, 2.75) is 53.2 Å². The highest BCUT2D eigenvalue weighted by Crippen LogP contribution is 2.27. The molecule has 1 aliphatic heterocycles. The van der Waals surface area contributed by atoms with Crippen LogP contribution in [0.4, 0.5) is 5.69 Å². The van der Waals surface area contributed by atoms with Gasteiger partial charge in [-0.05, 0) is 63.9 Å². The molecular weight excluding hydrogens is 396 g/mol. The highest BCUT2D eigenvalue weighted by atomic mass is 16.5. The number of ether oxygens (including phenoxy) is 1. The monoisotopic (exact) mass is 422 g/mol. The number of nitrogens with one attached hydrogen (secondary N) is 1.